The first-order chi connectivity index (χ1) is 16.1. The van der Waals surface area contributed by atoms with Crippen LogP contribution >= 0.6 is 11.6 Å². The first-order valence-electron chi connectivity index (χ1n) is 10.7. The molecule has 5 rings (SSSR count). The van der Waals surface area contributed by atoms with Crippen LogP contribution in [0.2, 0.25) is 5.02 Å². The normalized spacial score (nSPS) is 14.5. The summed E-state index contributed by atoms with van der Waals surface area (Å²) < 4.78 is 12.2. The van der Waals surface area contributed by atoms with E-state index in [9.17, 15) is 0 Å². The van der Waals surface area contributed by atoms with Crippen LogP contribution in [-0.4, -0.2) is 57.9 Å². The van der Waals surface area contributed by atoms with Crippen LogP contribution in [0.4, 0.5) is 11.8 Å². The third-order valence-electron chi connectivity index (χ3n) is 5.78. The predicted octanol–water partition coefficient (Wildman–Crippen LogP) is 3.94. The molecule has 1 fully saturated rings. The van der Waals surface area contributed by atoms with Crippen LogP contribution < -0.4 is 19.7 Å². The average Bonchev–Trinajstić information content (AvgIpc) is 3.27. The van der Waals surface area contributed by atoms with Crippen LogP contribution in [0.1, 0.15) is 12.8 Å². The van der Waals surface area contributed by atoms with Crippen molar-refractivity contribution in [1.82, 2.24) is 24.6 Å². The summed E-state index contributed by atoms with van der Waals surface area (Å²) in [4.78, 5) is 15.5. The van der Waals surface area contributed by atoms with Crippen LogP contribution in [0.15, 0.2) is 48.8 Å². The Bertz CT molecular complexity index is 1270. The standard InChI is InChI=1S/C23H24ClN7O2/c1-32-16-5-6-17(19(24)14-16)18-4-3-11-31-21(18)28-22(29-31)26-15-8-12-30(13-9-15)20-7-10-25-23(27-20)33-2/h3-7,10-11,14-15H,8-9,12-13H2,1-2H3,(H,26,29). The number of nitrogens with one attached hydrogen (secondary N) is 1. The van der Waals surface area contributed by atoms with Gasteiger partial charge in [-0.3, -0.25) is 0 Å². The number of pyridine rings is 1. The molecular formula is C23H24ClN7O2. The Balaban J connectivity index is 1.31. The molecule has 1 aliphatic rings. The Labute approximate surface area is 196 Å². The average molecular weight is 466 g/mol. The second-order valence-corrected chi connectivity index (χ2v) is 8.19. The molecule has 33 heavy (non-hydrogen) atoms. The van der Waals surface area contributed by atoms with Gasteiger partial charge in [0.2, 0.25) is 5.95 Å². The number of piperidine rings is 1. The van der Waals surface area contributed by atoms with Gasteiger partial charge in [-0.1, -0.05) is 11.6 Å². The number of rotatable bonds is 6. The molecular weight excluding hydrogens is 442 g/mol. The fourth-order valence-corrected chi connectivity index (χ4v) is 4.33. The highest BCUT2D eigenvalue weighted by molar-refractivity contribution is 6.33. The Morgan fingerprint density at radius 3 is 2.64 bits per heavy atom. The van der Waals surface area contributed by atoms with Crippen molar-refractivity contribution in [3.63, 3.8) is 0 Å². The molecule has 4 aromatic rings. The number of fused-ring (bicyclic) bond motifs is 1. The molecule has 0 aliphatic carbocycles. The number of hydrogen-bond donors (Lipinski definition) is 1. The summed E-state index contributed by atoms with van der Waals surface area (Å²) >= 11 is 6.51. The summed E-state index contributed by atoms with van der Waals surface area (Å²) in [7, 11) is 3.20. The van der Waals surface area contributed by atoms with Crippen LogP contribution in [-0.2, 0) is 0 Å². The molecule has 3 aromatic heterocycles. The highest BCUT2D eigenvalue weighted by Gasteiger charge is 2.22. The van der Waals surface area contributed by atoms with Crippen molar-refractivity contribution in [2.45, 2.75) is 18.9 Å². The van der Waals surface area contributed by atoms with Crippen molar-refractivity contribution in [2.24, 2.45) is 0 Å². The molecule has 0 saturated carbocycles. The van der Waals surface area contributed by atoms with Crippen molar-refractivity contribution in [3.05, 3.63) is 53.8 Å². The number of hydrogen-bond acceptors (Lipinski definition) is 8. The minimum Gasteiger partial charge on any atom is -0.497 e. The van der Waals surface area contributed by atoms with Gasteiger partial charge < -0.3 is 19.7 Å². The van der Waals surface area contributed by atoms with Crippen LogP contribution in [0.3, 0.4) is 0 Å². The summed E-state index contributed by atoms with van der Waals surface area (Å²) in [5.41, 5.74) is 2.55. The molecule has 0 radical (unpaired) electrons. The quantitative estimate of drug-likeness (QED) is 0.458. The lowest BCUT2D eigenvalue weighted by Crippen LogP contribution is -2.39. The van der Waals surface area contributed by atoms with Gasteiger partial charge in [0.25, 0.3) is 0 Å². The Morgan fingerprint density at radius 1 is 1.03 bits per heavy atom. The van der Waals surface area contributed by atoms with Crippen molar-refractivity contribution in [3.8, 4) is 22.9 Å². The van der Waals surface area contributed by atoms with E-state index in [-0.39, 0.29) is 6.04 Å². The first kappa shape index (κ1) is 21.3. The number of anilines is 2. The van der Waals surface area contributed by atoms with Gasteiger partial charge in [-0.15, -0.1) is 5.10 Å². The molecule has 0 bridgehead atoms. The van der Waals surface area contributed by atoms with Crippen molar-refractivity contribution in [1.29, 1.82) is 0 Å². The molecule has 10 heteroatoms. The number of aromatic nitrogens is 5. The molecule has 9 nitrogen and oxygen atoms in total. The molecule has 4 heterocycles. The monoisotopic (exact) mass is 465 g/mol. The van der Waals surface area contributed by atoms with Gasteiger partial charge in [-0.05, 0) is 49.2 Å². The molecule has 1 aliphatic heterocycles. The lowest BCUT2D eigenvalue weighted by atomic mass is 10.1. The molecule has 170 valence electrons. The first-order valence-corrected chi connectivity index (χ1v) is 11.1. The number of benzene rings is 1. The van der Waals surface area contributed by atoms with Gasteiger partial charge in [-0.2, -0.15) is 9.97 Å². The zero-order chi connectivity index (χ0) is 22.8. The van der Waals surface area contributed by atoms with Crippen LogP contribution in [0.5, 0.6) is 11.8 Å². The zero-order valence-corrected chi connectivity index (χ0v) is 19.2. The van der Waals surface area contributed by atoms with Gasteiger partial charge >= 0.3 is 6.01 Å². The van der Waals surface area contributed by atoms with Crippen molar-refractivity contribution in [2.75, 3.05) is 37.5 Å². The van der Waals surface area contributed by atoms with Gasteiger partial charge in [0, 0.05) is 42.7 Å². The maximum Gasteiger partial charge on any atom is 0.318 e. The predicted molar refractivity (Wildman–Crippen MR) is 127 cm³/mol. The van der Waals surface area contributed by atoms with Crippen LogP contribution in [0.25, 0.3) is 16.8 Å². The second-order valence-electron chi connectivity index (χ2n) is 7.78. The smallest absolute Gasteiger partial charge is 0.318 e. The molecule has 0 amide bonds. The fourth-order valence-electron chi connectivity index (χ4n) is 4.06. The lowest BCUT2D eigenvalue weighted by Gasteiger charge is -2.32. The van der Waals surface area contributed by atoms with E-state index in [1.165, 1.54) is 0 Å². The van der Waals surface area contributed by atoms with Crippen molar-refractivity contribution >= 4 is 29.0 Å². The minimum atomic E-state index is 0.274. The largest absolute Gasteiger partial charge is 0.497 e. The number of halogens is 1. The maximum absolute atomic E-state index is 6.51. The Kier molecular flexibility index (Phi) is 5.87. The maximum atomic E-state index is 6.51. The van der Waals surface area contributed by atoms with E-state index in [0.29, 0.717) is 22.7 Å². The molecule has 0 spiro atoms. The van der Waals surface area contributed by atoms with Gasteiger partial charge in [-0.25, -0.2) is 9.50 Å². The molecule has 1 saturated heterocycles. The summed E-state index contributed by atoms with van der Waals surface area (Å²) in [6.45, 7) is 1.75. The summed E-state index contributed by atoms with van der Waals surface area (Å²) in [6.07, 6.45) is 5.50. The van der Waals surface area contributed by atoms with Crippen molar-refractivity contribution < 1.29 is 9.47 Å². The Morgan fingerprint density at radius 2 is 1.88 bits per heavy atom. The molecule has 1 N–H and O–H groups in total. The second kappa shape index (κ2) is 9.11. The number of methoxy groups -OCH3 is 2. The van der Waals surface area contributed by atoms with E-state index >= 15 is 0 Å². The van der Waals surface area contributed by atoms with Gasteiger partial charge in [0.15, 0.2) is 5.65 Å². The lowest BCUT2D eigenvalue weighted by molar-refractivity contribution is 0.379. The molecule has 1 aromatic carbocycles. The minimum absolute atomic E-state index is 0.274. The van der Waals surface area contributed by atoms with E-state index < -0.39 is 0 Å². The summed E-state index contributed by atoms with van der Waals surface area (Å²) in [6, 6.07) is 12.1. The zero-order valence-electron chi connectivity index (χ0n) is 18.4. The van der Waals surface area contributed by atoms with Gasteiger partial charge in [0.05, 0.1) is 19.2 Å². The van der Waals surface area contributed by atoms with E-state index in [1.807, 2.05) is 36.5 Å². The molecule has 0 atom stereocenters. The van der Waals surface area contributed by atoms with Crippen LogP contribution in [0, 0.1) is 0 Å². The van der Waals surface area contributed by atoms with Gasteiger partial charge in [0.1, 0.15) is 11.6 Å². The number of ether oxygens (including phenoxy) is 2. The summed E-state index contributed by atoms with van der Waals surface area (Å²) in [5, 5.41) is 8.73. The van der Waals surface area contributed by atoms with E-state index in [1.54, 1.807) is 31.0 Å². The number of nitrogens with zero attached hydrogens (tertiary/aromatic N) is 6. The SMILES string of the molecule is COc1ccc(-c2cccn3nc(NC4CCN(c5ccnc(OC)n5)CC4)nc23)c(Cl)c1. The fraction of sp³-hybridized carbons (Fsp3) is 0.304. The third-order valence-corrected chi connectivity index (χ3v) is 6.09. The summed E-state index contributed by atoms with van der Waals surface area (Å²) in [5.74, 6) is 2.20. The Hall–Kier alpha value is -3.59. The topological polar surface area (TPSA) is 89.7 Å². The highest BCUT2D eigenvalue weighted by Crippen LogP contribution is 2.33. The van der Waals surface area contributed by atoms with E-state index in [4.69, 9.17) is 26.1 Å². The van der Waals surface area contributed by atoms with E-state index in [2.05, 4.69) is 25.3 Å². The third kappa shape index (κ3) is 4.36. The highest BCUT2D eigenvalue weighted by atomic mass is 35.5. The van der Waals surface area contributed by atoms with E-state index in [0.717, 1.165) is 48.5 Å². The molecule has 0 unspecified atom stereocenters.